The number of hydrogen-bond acceptors (Lipinski definition) is 38. The third kappa shape index (κ3) is 23.1. The van der Waals surface area contributed by atoms with Crippen LogP contribution in [-0.4, -0.2) is 310 Å². The molecule has 8 aliphatic heterocycles. The number of aliphatic hydroxyl groups excluding tert-OH is 1. The van der Waals surface area contributed by atoms with Gasteiger partial charge in [-0.25, -0.2) is 55.1 Å². The number of methoxy groups -OCH3 is 1. The second kappa shape index (κ2) is 42.9. The molecule has 8 aromatic rings. The maximum Gasteiger partial charge on any atom is 0.264 e. The molecule has 131 heavy (non-hydrogen) atoms. The van der Waals surface area contributed by atoms with E-state index in [2.05, 4.69) is 107 Å². The fourth-order valence-electron chi connectivity index (χ4n) is 16.6. The SMILES string of the molecule is CC(C)[C@@H]1COCCN1c1nc(-c2cnc(N)cc2C(F)F)nc(N2CCOC[C@H]2C(C)C)n1.CC1(C)COCCN1c1nc(-c2cnc(N)cc2C(F)F)nc(N2CCOC[C@H]2CO)n1.COC[C@@H]1COCCN1c1nc(-c2cnc(N)cc2C(F)F)nc(N2CCOCC2(C)C)n1.C[C@@H]1COC[C@H](C)N1c1nc(-c2cnc(N)cc2C(F)F)nc(N2CCOCC2(C)C)n1. The lowest BCUT2D eigenvalue weighted by Gasteiger charge is -2.43. The van der Waals surface area contributed by atoms with E-state index in [-0.39, 0.29) is 157 Å². The van der Waals surface area contributed by atoms with Gasteiger partial charge in [-0.1, -0.05) is 27.7 Å². The van der Waals surface area contributed by atoms with E-state index >= 15 is 0 Å². The van der Waals surface area contributed by atoms with Crippen LogP contribution in [0.15, 0.2) is 49.1 Å². The van der Waals surface area contributed by atoms with Crippen molar-refractivity contribution in [2.45, 2.75) is 162 Å². The molecular weight excluding hydrogens is 1730 g/mol. The standard InChI is InChI=1S/C23H33F2N7O2.C21H29F2N7O3.C21H29F2N7O2.C20H27F2N7O3/c1-13(2)17-11-33-7-5-31(17)22-28-21(16-10-27-19(26)9-15(16)20(24)25)29-23(30-22)32-6-8-34-12-18(32)14(3)4;1-21(2)12-33-7-5-30(21)20-27-18(15-9-25-16(24)8-14(15)17(22)23)26-19(28-20)29-4-6-32-11-13(29)10-31-3;1-12-9-32-10-13(2)30(12)20-27-18(15-8-25-16(24)7-14(15)17(22)23)26-19(28-20)29-5-6-31-11-21(29,3)4;1-20(2)11-32-6-4-29(20)19-26-17(14-8-24-15(23)7-13(14)16(21)22)25-18(27-19)28-3-5-31-10-12(28)9-30/h9-10,13-14,17-18,20H,5-8,11-12H2,1-4H3,(H2,26,27);8-9,13,17H,4-7,10-12H2,1-3H3,(H2,24,25);7-8,12-13,17H,5-6,9-11H2,1-4H3,(H2,24,25);7-8,12,16,30H,3-6,9-11H2,1-2H3,(H2,23,24)/t17-,18-;13-;12-,13+;12-/m01.1/s1. The summed E-state index contributed by atoms with van der Waals surface area (Å²) < 4.78 is 161. The lowest BCUT2D eigenvalue weighted by atomic mass is 10.0. The van der Waals surface area contributed by atoms with Gasteiger partial charge in [0, 0.05) is 122 Å². The Morgan fingerprint density at radius 1 is 0.366 bits per heavy atom. The van der Waals surface area contributed by atoms with Gasteiger partial charge in [-0.05, 0) is 91.5 Å². The summed E-state index contributed by atoms with van der Waals surface area (Å²) in [4.78, 5) is 88.0. The van der Waals surface area contributed by atoms with Gasteiger partial charge < -0.3 is 110 Å². The second-order valence-electron chi connectivity index (χ2n) is 35.4. The molecule has 0 amide bonds. The van der Waals surface area contributed by atoms with E-state index in [9.17, 15) is 40.2 Å². The van der Waals surface area contributed by atoms with Crippen molar-refractivity contribution >= 4 is 70.9 Å². The molecule has 8 fully saturated rings. The number of anilines is 12. The van der Waals surface area contributed by atoms with Crippen LogP contribution in [0.2, 0.25) is 0 Å². The van der Waals surface area contributed by atoms with E-state index in [1.807, 2.05) is 79.9 Å². The number of nitrogen functional groups attached to an aromatic ring is 4. The number of halogens is 8. The largest absolute Gasteiger partial charge is 0.394 e. The summed E-state index contributed by atoms with van der Waals surface area (Å²) in [6.07, 6.45) is -5.88. The lowest BCUT2D eigenvalue weighted by Crippen LogP contribution is -2.54. The average molecular weight is 1840 g/mol. The Hall–Kier alpha value is -10.7. The number of aromatic nitrogens is 16. The zero-order valence-corrected chi connectivity index (χ0v) is 75.9. The number of pyridine rings is 4. The van der Waals surface area contributed by atoms with Crippen molar-refractivity contribution in [3.05, 3.63) is 71.3 Å². The molecule has 0 aliphatic carbocycles. The Morgan fingerprint density at radius 2 is 0.641 bits per heavy atom. The number of nitrogens with two attached hydrogens (primary N) is 4. The van der Waals surface area contributed by atoms with Crippen molar-refractivity contribution in [3.8, 4) is 45.6 Å². The number of hydrogen-bond donors (Lipinski definition) is 5. The van der Waals surface area contributed by atoms with Crippen LogP contribution < -0.4 is 62.1 Å². The minimum Gasteiger partial charge on any atom is -0.394 e. The second-order valence-corrected chi connectivity index (χ2v) is 35.4. The highest BCUT2D eigenvalue weighted by Gasteiger charge is 2.42. The molecule has 38 nitrogen and oxygen atoms in total. The summed E-state index contributed by atoms with van der Waals surface area (Å²) in [6.45, 7) is 36.6. The molecule has 8 aromatic heterocycles. The molecular formula is C85H118F8N28O10. The van der Waals surface area contributed by atoms with Gasteiger partial charge in [0.2, 0.25) is 47.6 Å². The van der Waals surface area contributed by atoms with Crippen LogP contribution >= 0.6 is 0 Å². The minimum absolute atomic E-state index is 0.00574. The molecule has 9 N–H and O–H groups in total. The van der Waals surface area contributed by atoms with Gasteiger partial charge in [0.15, 0.2) is 23.3 Å². The Bertz CT molecular complexity index is 5070. The smallest absolute Gasteiger partial charge is 0.264 e. The Balaban J connectivity index is 0.000000149. The van der Waals surface area contributed by atoms with Crippen LogP contribution in [0.3, 0.4) is 0 Å². The monoisotopic (exact) mass is 1840 g/mol. The van der Waals surface area contributed by atoms with E-state index in [1.54, 1.807) is 7.11 Å². The van der Waals surface area contributed by atoms with Crippen LogP contribution in [-0.2, 0) is 42.6 Å². The summed E-state index contributed by atoms with van der Waals surface area (Å²) in [5, 5.41) is 9.81. The van der Waals surface area contributed by atoms with Gasteiger partial charge in [-0.3, -0.25) is 0 Å². The highest BCUT2D eigenvalue weighted by Crippen LogP contribution is 2.41. The molecule has 714 valence electrons. The van der Waals surface area contributed by atoms with Crippen LogP contribution in [0.5, 0.6) is 0 Å². The Kier molecular flexibility index (Phi) is 32.0. The summed E-state index contributed by atoms with van der Waals surface area (Å²) in [5.41, 5.74) is 20.9. The molecule has 16 rings (SSSR count). The first kappa shape index (κ1) is 97.8. The zero-order valence-electron chi connectivity index (χ0n) is 75.9. The fraction of sp³-hybridized carbons (Fsp3) is 0.624. The molecule has 6 atom stereocenters. The van der Waals surface area contributed by atoms with Crippen LogP contribution in [0.25, 0.3) is 45.6 Å². The molecule has 8 saturated heterocycles. The highest BCUT2D eigenvalue weighted by molar-refractivity contribution is 5.69. The van der Waals surface area contributed by atoms with Crippen LogP contribution in [0, 0.1) is 11.8 Å². The first-order valence-electron chi connectivity index (χ1n) is 43.6. The van der Waals surface area contributed by atoms with E-state index in [0.29, 0.717) is 200 Å². The molecule has 0 spiro atoms. The van der Waals surface area contributed by atoms with Crippen LogP contribution in [0.1, 0.15) is 131 Å². The number of morpholine rings is 8. The molecule has 0 unspecified atom stereocenters. The number of nitrogens with zero attached hydrogens (tertiary/aromatic N) is 24. The molecule has 0 radical (unpaired) electrons. The fourth-order valence-corrected chi connectivity index (χ4v) is 16.6. The van der Waals surface area contributed by atoms with Crippen molar-refractivity contribution < 1.29 is 82.9 Å². The predicted octanol–water partition coefficient (Wildman–Crippen LogP) is 9.04. The van der Waals surface area contributed by atoms with Gasteiger partial charge in [-0.2, -0.15) is 59.8 Å². The van der Waals surface area contributed by atoms with Crippen molar-refractivity contribution in [1.29, 1.82) is 0 Å². The van der Waals surface area contributed by atoms with E-state index in [0.717, 1.165) is 12.1 Å². The number of ether oxygens (including phenoxy) is 9. The number of rotatable bonds is 21. The molecule has 0 saturated carbocycles. The Morgan fingerprint density at radius 3 is 0.954 bits per heavy atom. The summed E-state index contributed by atoms with van der Waals surface area (Å²) in [6, 6.07) is 4.30. The maximum absolute atomic E-state index is 13.9. The molecule has 46 heteroatoms. The third-order valence-electron chi connectivity index (χ3n) is 23.7. The first-order valence-corrected chi connectivity index (χ1v) is 43.6. The minimum atomic E-state index is -2.78. The third-order valence-corrected chi connectivity index (χ3v) is 23.7. The summed E-state index contributed by atoms with van der Waals surface area (Å²) in [5.74, 6) is 4.22. The van der Waals surface area contributed by atoms with Gasteiger partial charge in [0.25, 0.3) is 25.7 Å². The van der Waals surface area contributed by atoms with Gasteiger partial charge in [-0.15, -0.1) is 0 Å². The maximum atomic E-state index is 13.9. The predicted molar refractivity (Wildman–Crippen MR) is 475 cm³/mol. The molecule has 8 aliphatic rings. The first-order chi connectivity index (χ1) is 62.5. The quantitative estimate of drug-likeness (QED) is 0.0418. The Labute approximate surface area is 754 Å². The topological polar surface area (TPSA) is 440 Å². The van der Waals surface area contributed by atoms with E-state index < -0.39 is 36.8 Å². The summed E-state index contributed by atoms with van der Waals surface area (Å²) in [7, 11) is 1.61. The zero-order chi connectivity index (χ0) is 93.9. The number of aliphatic hydroxyl groups is 1. The van der Waals surface area contributed by atoms with Crippen molar-refractivity contribution in [2.75, 3.05) is 234 Å². The van der Waals surface area contributed by atoms with E-state index in [1.165, 1.54) is 36.9 Å². The van der Waals surface area contributed by atoms with Crippen LogP contribution in [0.4, 0.5) is 106 Å². The molecule has 0 aromatic carbocycles. The number of alkyl halides is 8. The summed E-state index contributed by atoms with van der Waals surface area (Å²) >= 11 is 0. The molecule has 16 heterocycles. The van der Waals surface area contributed by atoms with E-state index in [4.69, 9.17) is 80.5 Å². The van der Waals surface area contributed by atoms with Gasteiger partial charge in [0.05, 0.1) is 172 Å². The highest BCUT2D eigenvalue weighted by atomic mass is 19.3. The average Bonchev–Trinajstić information content (AvgIpc) is 0.763. The van der Waals surface area contributed by atoms with Gasteiger partial charge in [0.1, 0.15) is 23.3 Å². The van der Waals surface area contributed by atoms with Gasteiger partial charge >= 0.3 is 0 Å². The normalized spacial score (nSPS) is 21.9. The van der Waals surface area contributed by atoms with Crippen molar-refractivity contribution in [1.82, 2.24) is 79.7 Å². The molecule has 0 bridgehead atoms. The van der Waals surface area contributed by atoms with Crippen molar-refractivity contribution in [2.24, 2.45) is 11.8 Å². The lowest BCUT2D eigenvalue weighted by molar-refractivity contribution is 0.0590. The van der Waals surface area contributed by atoms with Crippen molar-refractivity contribution in [3.63, 3.8) is 0 Å².